The molecule has 1 aliphatic heterocycles. The third-order valence-corrected chi connectivity index (χ3v) is 8.18. The molecular formula is C21H20O3S2. The molecule has 5 heteroatoms. The van der Waals surface area contributed by atoms with E-state index in [9.17, 15) is 9.90 Å². The first-order chi connectivity index (χ1) is 12.6. The fraction of sp³-hybridized carbons (Fsp3) is 0.286. The van der Waals surface area contributed by atoms with E-state index in [0.717, 1.165) is 23.5 Å². The lowest BCUT2D eigenvalue weighted by Crippen LogP contribution is -2.22. The maximum absolute atomic E-state index is 12.8. The highest BCUT2D eigenvalue weighted by atomic mass is 32.2. The van der Waals surface area contributed by atoms with Crippen LogP contribution in [0.5, 0.6) is 5.75 Å². The van der Waals surface area contributed by atoms with E-state index in [1.54, 1.807) is 18.2 Å². The van der Waals surface area contributed by atoms with Crippen LogP contribution in [0.4, 0.5) is 0 Å². The second-order valence-electron chi connectivity index (χ2n) is 6.65. The molecule has 1 N–H and O–H groups in total. The van der Waals surface area contributed by atoms with Crippen molar-refractivity contribution in [2.45, 2.75) is 23.3 Å². The molecule has 0 saturated carbocycles. The minimum Gasteiger partial charge on any atom is -0.507 e. The number of thioether (sulfide) groups is 2. The van der Waals surface area contributed by atoms with Crippen LogP contribution in [-0.4, -0.2) is 20.7 Å². The molecule has 4 rings (SSSR count). The zero-order chi connectivity index (χ0) is 18.1. The second-order valence-corrected chi connectivity index (χ2v) is 10.1. The van der Waals surface area contributed by atoms with Gasteiger partial charge in [0.25, 0.3) is 0 Å². The molecule has 0 spiro atoms. The summed E-state index contributed by atoms with van der Waals surface area (Å²) in [6, 6.07) is 17.1. The van der Waals surface area contributed by atoms with Crippen molar-refractivity contribution in [2.24, 2.45) is 0 Å². The molecule has 134 valence electrons. The molecular weight excluding hydrogens is 365 g/mol. The van der Waals surface area contributed by atoms with E-state index in [0.29, 0.717) is 16.5 Å². The first-order valence-corrected chi connectivity index (χ1v) is 10.6. The SMILES string of the molecule is CC1(CC(c2ccccc2)c2c(O)c3ccccc3o[13c]2=O)SCCS1. The minimum absolute atomic E-state index is 0.0189. The summed E-state index contributed by atoms with van der Waals surface area (Å²) >= 11 is 3.85. The van der Waals surface area contributed by atoms with Crippen molar-refractivity contribution < 1.29 is 9.52 Å². The Morgan fingerprint density at radius 1 is 1.08 bits per heavy atom. The van der Waals surface area contributed by atoms with Crippen LogP contribution in [0.3, 0.4) is 0 Å². The van der Waals surface area contributed by atoms with Crippen molar-refractivity contribution >= 4 is 34.5 Å². The fourth-order valence-corrected chi connectivity index (χ4v) is 6.51. The zero-order valence-corrected chi connectivity index (χ0v) is 16.1. The number of para-hydroxylation sites is 1. The number of hydrogen-bond donors (Lipinski definition) is 1. The van der Waals surface area contributed by atoms with Crippen LogP contribution in [0.15, 0.2) is 63.8 Å². The summed E-state index contributed by atoms with van der Waals surface area (Å²) in [6.45, 7) is 2.23. The van der Waals surface area contributed by atoms with Gasteiger partial charge in [-0.1, -0.05) is 42.5 Å². The van der Waals surface area contributed by atoms with E-state index in [4.69, 9.17) is 4.42 Å². The Morgan fingerprint density at radius 3 is 2.46 bits per heavy atom. The molecule has 3 aromatic rings. The Balaban J connectivity index is 1.89. The third-order valence-electron chi connectivity index (χ3n) is 4.84. The maximum Gasteiger partial charge on any atom is 0.343 e. The van der Waals surface area contributed by atoms with E-state index in [1.807, 2.05) is 59.9 Å². The van der Waals surface area contributed by atoms with Crippen LogP contribution in [0, 0.1) is 0 Å². The highest BCUT2D eigenvalue weighted by molar-refractivity contribution is 8.21. The summed E-state index contributed by atoms with van der Waals surface area (Å²) in [6.07, 6.45) is 0.767. The lowest BCUT2D eigenvalue weighted by atomic mass is 9.89. The van der Waals surface area contributed by atoms with Crippen LogP contribution >= 0.6 is 23.5 Å². The van der Waals surface area contributed by atoms with Gasteiger partial charge in [0.1, 0.15) is 11.3 Å². The molecule has 0 radical (unpaired) electrons. The lowest BCUT2D eigenvalue weighted by molar-refractivity contribution is 0.448. The van der Waals surface area contributed by atoms with Crippen molar-refractivity contribution in [3.8, 4) is 5.75 Å². The Bertz CT molecular complexity index is 975. The molecule has 26 heavy (non-hydrogen) atoms. The molecule has 1 atom stereocenters. The van der Waals surface area contributed by atoms with Gasteiger partial charge in [-0.25, -0.2) is 4.79 Å². The van der Waals surface area contributed by atoms with Crippen molar-refractivity contribution in [1.29, 1.82) is 0 Å². The first kappa shape index (κ1) is 17.6. The van der Waals surface area contributed by atoms with Crippen molar-refractivity contribution in [2.75, 3.05) is 11.5 Å². The number of hydrogen-bond acceptors (Lipinski definition) is 5. The Hall–Kier alpha value is -1.85. The van der Waals surface area contributed by atoms with Crippen molar-refractivity contribution in [3.05, 3.63) is 76.1 Å². The molecule has 0 amide bonds. The Labute approximate surface area is 160 Å². The second kappa shape index (κ2) is 7.05. The topological polar surface area (TPSA) is 50.4 Å². The molecule has 1 aliphatic rings. The molecule has 1 aromatic heterocycles. The van der Waals surface area contributed by atoms with Gasteiger partial charge in [-0.2, -0.15) is 0 Å². The predicted molar refractivity (Wildman–Crippen MR) is 110 cm³/mol. The zero-order valence-electron chi connectivity index (χ0n) is 14.5. The van der Waals surface area contributed by atoms with Gasteiger partial charge >= 0.3 is 5.63 Å². The number of benzene rings is 2. The van der Waals surface area contributed by atoms with Crippen LogP contribution in [0.1, 0.15) is 30.4 Å². The first-order valence-electron chi connectivity index (χ1n) is 8.65. The minimum atomic E-state index is -0.452. The molecule has 0 aliphatic carbocycles. The highest BCUT2D eigenvalue weighted by Crippen LogP contribution is 2.51. The van der Waals surface area contributed by atoms with E-state index < -0.39 is 5.63 Å². The summed E-state index contributed by atoms with van der Waals surface area (Å²) in [7, 11) is 0. The number of fused-ring (bicyclic) bond motifs is 1. The molecule has 1 unspecified atom stereocenters. The van der Waals surface area contributed by atoms with Gasteiger partial charge in [-0.05, 0) is 31.0 Å². The van der Waals surface area contributed by atoms with Crippen LogP contribution in [0.25, 0.3) is 11.0 Å². The number of rotatable bonds is 4. The Kier molecular flexibility index (Phi) is 4.76. The Morgan fingerprint density at radius 2 is 1.73 bits per heavy atom. The van der Waals surface area contributed by atoms with Crippen molar-refractivity contribution in [1.82, 2.24) is 0 Å². The highest BCUT2D eigenvalue weighted by Gasteiger charge is 2.36. The van der Waals surface area contributed by atoms with E-state index in [2.05, 4.69) is 6.92 Å². The van der Waals surface area contributed by atoms with Gasteiger partial charge in [0.15, 0.2) is 0 Å². The number of aromatic hydroxyl groups is 1. The molecule has 1 fully saturated rings. The average molecular weight is 386 g/mol. The monoisotopic (exact) mass is 385 g/mol. The van der Waals surface area contributed by atoms with Gasteiger partial charge in [-0.15, -0.1) is 23.5 Å². The normalized spacial score (nSPS) is 17.4. The average Bonchev–Trinajstić information content (AvgIpc) is 3.08. The molecule has 1 saturated heterocycles. The van der Waals surface area contributed by atoms with Gasteiger partial charge in [0, 0.05) is 17.4 Å². The molecule has 2 heterocycles. The lowest BCUT2D eigenvalue weighted by Gasteiger charge is -2.28. The van der Waals surface area contributed by atoms with Gasteiger partial charge < -0.3 is 9.52 Å². The third kappa shape index (κ3) is 3.26. The van der Waals surface area contributed by atoms with Gasteiger partial charge in [0.05, 0.1) is 15.0 Å². The summed E-state index contributed by atoms with van der Waals surface area (Å²) in [5.74, 6) is 2.06. The van der Waals surface area contributed by atoms with E-state index >= 15 is 0 Å². The fourth-order valence-electron chi connectivity index (χ4n) is 3.57. The molecule has 0 bridgehead atoms. The quantitative estimate of drug-likeness (QED) is 0.624. The van der Waals surface area contributed by atoms with E-state index in [1.165, 1.54) is 0 Å². The van der Waals surface area contributed by atoms with Crippen molar-refractivity contribution in [3.63, 3.8) is 0 Å². The van der Waals surface area contributed by atoms with E-state index in [-0.39, 0.29) is 15.7 Å². The summed E-state index contributed by atoms with van der Waals surface area (Å²) in [5, 5.41) is 11.5. The summed E-state index contributed by atoms with van der Waals surface area (Å²) in [5.41, 5.74) is 1.36. The largest absolute Gasteiger partial charge is 0.507 e. The maximum atomic E-state index is 12.8. The van der Waals surface area contributed by atoms with Gasteiger partial charge in [0.2, 0.25) is 0 Å². The predicted octanol–water partition coefficient (Wildman–Crippen LogP) is 5.22. The molecule has 3 nitrogen and oxygen atoms in total. The summed E-state index contributed by atoms with van der Waals surface area (Å²) < 4.78 is 5.56. The molecule has 2 aromatic carbocycles. The standard InChI is InChI=1S/C21H20O3S2/c1-21(25-11-12-26-21)13-16(14-7-3-2-4-8-14)18-19(22)15-9-5-6-10-17(15)24-20(18)23/h2-10,16,22H,11-13H2,1H3/i20+1. The van der Waals surface area contributed by atoms with Crippen LogP contribution in [-0.2, 0) is 0 Å². The summed E-state index contributed by atoms with van der Waals surface area (Å²) in [4.78, 5) is 12.8. The smallest absolute Gasteiger partial charge is 0.343 e. The van der Waals surface area contributed by atoms with Crippen LogP contribution in [0.2, 0.25) is 0 Å². The van der Waals surface area contributed by atoms with Gasteiger partial charge in [-0.3, -0.25) is 0 Å². The van der Waals surface area contributed by atoms with Crippen LogP contribution < -0.4 is 5.63 Å².